The zero-order valence-electron chi connectivity index (χ0n) is 12.7. The van der Waals surface area contributed by atoms with E-state index in [2.05, 4.69) is 15.5 Å². The van der Waals surface area contributed by atoms with Gasteiger partial charge in [0.05, 0.1) is 0 Å². The Kier molecular flexibility index (Phi) is 4.25. The third-order valence-electron chi connectivity index (χ3n) is 2.84. The first-order valence-electron chi connectivity index (χ1n) is 6.77. The molecule has 116 valence electrons. The Morgan fingerprint density at radius 3 is 2.45 bits per heavy atom. The highest BCUT2D eigenvalue weighted by Gasteiger charge is 2.25. The maximum absolute atomic E-state index is 12.0. The molecule has 0 aliphatic heterocycles. The Labute approximate surface area is 127 Å². The van der Waals surface area contributed by atoms with E-state index in [1.54, 1.807) is 24.5 Å². The number of pyridine rings is 1. The van der Waals surface area contributed by atoms with Gasteiger partial charge in [0, 0.05) is 24.4 Å². The van der Waals surface area contributed by atoms with Gasteiger partial charge in [-0.2, -0.15) is 0 Å². The molecule has 2 aromatic heterocycles. The van der Waals surface area contributed by atoms with Gasteiger partial charge in [0.25, 0.3) is 5.91 Å². The van der Waals surface area contributed by atoms with E-state index in [0.29, 0.717) is 5.56 Å². The monoisotopic (exact) mass is 302 g/mol. The van der Waals surface area contributed by atoms with Crippen molar-refractivity contribution in [1.82, 2.24) is 10.1 Å². The topological polar surface area (TPSA) is 111 Å². The van der Waals surface area contributed by atoms with E-state index < -0.39 is 5.91 Å². The zero-order chi connectivity index (χ0) is 16.3. The summed E-state index contributed by atoms with van der Waals surface area (Å²) in [4.78, 5) is 27.6. The Balaban J connectivity index is 2.32. The summed E-state index contributed by atoms with van der Waals surface area (Å²) in [6.07, 6.45) is 3.40. The molecule has 0 saturated heterocycles. The summed E-state index contributed by atoms with van der Waals surface area (Å²) < 4.78 is 5.09. The fraction of sp³-hybridized carbons (Fsp3) is 0.333. The molecule has 0 bridgehead atoms. The number of hydrogen-bond acceptors (Lipinski definition) is 5. The molecule has 0 aromatic carbocycles. The lowest BCUT2D eigenvalue weighted by molar-refractivity contribution is -0.117. The predicted octanol–water partition coefficient (Wildman–Crippen LogP) is 2.21. The summed E-state index contributed by atoms with van der Waals surface area (Å²) in [5.41, 5.74) is 6.16. The van der Waals surface area contributed by atoms with Crippen molar-refractivity contribution in [3.63, 3.8) is 0 Å². The van der Waals surface area contributed by atoms with Crippen LogP contribution in [0.3, 0.4) is 0 Å². The molecule has 7 nitrogen and oxygen atoms in total. The molecule has 7 heteroatoms. The van der Waals surface area contributed by atoms with Gasteiger partial charge in [-0.3, -0.25) is 19.9 Å². The minimum Gasteiger partial charge on any atom is -0.365 e. The molecule has 0 spiro atoms. The van der Waals surface area contributed by atoms with Crippen molar-refractivity contribution in [3.05, 3.63) is 30.1 Å². The van der Waals surface area contributed by atoms with Gasteiger partial charge >= 0.3 is 0 Å². The van der Waals surface area contributed by atoms with Crippen LogP contribution in [0.4, 0.5) is 5.88 Å². The van der Waals surface area contributed by atoms with Crippen molar-refractivity contribution in [2.24, 2.45) is 11.1 Å². The highest BCUT2D eigenvalue weighted by atomic mass is 16.5. The van der Waals surface area contributed by atoms with E-state index in [-0.39, 0.29) is 34.9 Å². The van der Waals surface area contributed by atoms with Gasteiger partial charge in [-0.25, -0.2) is 0 Å². The number of hydrogen-bond donors (Lipinski definition) is 2. The molecule has 2 rings (SSSR count). The van der Waals surface area contributed by atoms with E-state index in [9.17, 15) is 9.59 Å². The lowest BCUT2D eigenvalue weighted by atomic mass is 9.92. The number of rotatable bonds is 4. The van der Waals surface area contributed by atoms with E-state index in [1.165, 1.54) is 0 Å². The second-order valence-corrected chi connectivity index (χ2v) is 6.12. The van der Waals surface area contributed by atoms with Gasteiger partial charge in [-0.05, 0) is 17.5 Å². The summed E-state index contributed by atoms with van der Waals surface area (Å²) in [5.74, 6) is -1.03. The molecule has 0 radical (unpaired) electrons. The number of nitrogens with two attached hydrogens (primary N) is 1. The van der Waals surface area contributed by atoms with Crippen LogP contribution in [0.1, 0.15) is 37.6 Å². The van der Waals surface area contributed by atoms with Gasteiger partial charge in [-0.15, -0.1) is 0 Å². The van der Waals surface area contributed by atoms with Gasteiger partial charge in [0.2, 0.25) is 11.8 Å². The van der Waals surface area contributed by atoms with E-state index in [0.717, 1.165) is 0 Å². The summed E-state index contributed by atoms with van der Waals surface area (Å²) in [6.45, 7) is 5.80. The number of anilines is 1. The van der Waals surface area contributed by atoms with Crippen molar-refractivity contribution >= 4 is 17.7 Å². The number of aromatic nitrogens is 2. The second kappa shape index (κ2) is 5.97. The minimum absolute atomic E-state index is 0.0337. The highest BCUT2D eigenvalue weighted by molar-refractivity contribution is 6.05. The van der Waals surface area contributed by atoms with Gasteiger partial charge in [0.1, 0.15) is 11.3 Å². The van der Waals surface area contributed by atoms with Crippen LogP contribution in [0.25, 0.3) is 11.3 Å². The first-order chi connectivity index (χ1) is 10.3. The highest BCUT2D eigenvalue weighted by Crippen LogP contribution is 2.29. The fourth-order valence-electron chi connectivity index (χ4n) is 1.96. The number of nitrogens with zero attached hydrogens (tertiary/aromatic N) is 2. The minimum atomic E-state index is -0.723. The largest absolute Gasteiger partial charge is 0.365 e. The molecule has 22 heavy (non-hydrogen) atoms. The van der Waals surface area contributed by atoms with Crippen LogP contribution in [-0.2, 0) is 4.79 Å². The van der Waals surface area contributed by atoms with Crippen molar-refractivity contribution in [2.45, 2.75) is 27.2 Å². The lowest BCUT2D eigenvalue weighted by Crippen LogP contribution is -2.21. The maximum Gasteiger partial charge on any atom is 0.256 e. The molecule has 0 atom stereocenters. The van der Waals surface area contributed by atoms with E-state index >= 15 is 0 Å². The van der Waals surface area contributed by atoms with Crippen LogP contribution in [0.2, 0.25) is 0 Å². The molecule has 0 fully saturated rings. The molecule has 0 aliphatic carbocycles. The van der Waals surface area contributed by atoms with Crippen LogP contribution < -0.4 is 11.1 Å². The molecule has 0 saturated carbocycles. The molecule has 2 heterocycles. The first-order valence-corrected chi connectivity index (χ1v) is 6.77. The quantitative estimate of drug-likeness (QED) is 0.899. The Bertz CT molecular complexity index is 687. The molecule has 2 aromatic rings. The van der Waals surface area contributed by atoms with Crippen LogP contribution in [0, 0.1) is 5.41 Å². The van der Waals surface area contributed by atoms with Crippen molar-refractivity contribution < 1.29 is 14.1 Å². The van der Waals surface area contributed by atoms with Crippen molar-refractivity contribution in [1.29, 1.82) is 0 Å². The Morgan fingerprint density at radius 2 is 1.91 bits per heavy atom. The average molecular weight is 302 g/mol. The average Bonchev–Trinajstić information content (AvgIpc) is 2.81. The van der Waals surface area contributed by atoms with Gasteiger partial charge < -0.3 is 10.3 Å². The fourth-order valence-corrected chi connectivity index (χ4v) is 1.96. The summed E-state index contributed by atoms with van der Waals surface area (Å²) in [6, 6.07) is 3.34. The van der Waals surface area contributed by atoms with E-state index in [4.69, 9.17) is 10.3 Å². The number of primary amides is 1. The molecular weight excluding hydrogens is 284 g/mol. The van der Waals surface area contributed by atoms with Crippen molar-refractivity contribution in [3.8, 4) is 11.3 Å². The number of carbonyl (C=O) groups is 2. The second-order valence-electron chi connectivity index (χ2n) is 6.12. The van der Waals surface area contributed by atoms with Crippen LogP contribution in [-0.4, -0.2) is 22.0 Å². The normalized spacial score (nSPS) is 11.2. The predicted molar refractivity (Wildman–Crippen MR) is 81.0 cm³/mol. The van der Waals surface area contributed by atoms with Crippen LogP contribution in [0.15, 0.2) is 29.0 Å². The van der Waals surface area contributed by atoms with Gasteiger partial charge in [0.15, 0.2) is 0 Å². The molecule has 3 N–H and O–H groups in total. The van der Waals surface area contributed by atoms with Crippen molar-refractivity contribution in [2.75, 3.05) is 5.32 Å². The third-order valence-corrected chi connectivity index (χ3v) is 2.84. The van der Waals surface area contributed by atoms with E-state index in [1.807, 2.05) is 20.8 Å². The Hall–Kier alpha value is -2.70. The maximum atomic E-state index is 12.0. The Morgan fingerprint density at radius 1 is 1.27 bits per heavy atom. The number of nitrogens with one attached hydrogen (secondary N) is 1. The van der Waals surface area contributed by atoms with Crippen LogP contribution in [0.5, 0.6) is 0 Å². The summed E-state index contributed by atoms with van der Waals surface area (Å²) in [7, 11) is 0. The standard InChI is InChI=1S/C15H18N4O3/c1-15(2,3)8-10(20)18-14-11(13(16)21)12(19-22-14)9-4-6-17-7-5-9/h4-7H,8H2,1-3H3,(H2,16,21)(H,18,20). The third kappa shape index (κ3) is 3.69. The molecular formula is C15H18N4O3. The molecule has 2 amide bonds. The smallest absolute Gasteiger partial charge is 0.256 e. The SMILES string of the molecule is CC(C)(C)CC(=O)Nc1onc(-c2ccncc2)c1C(N)=O. The molecule has 0 aliphatic rings. The van der Waals surface area contributed by atoms with Crippen LogP contribution >= 0.6 is 0 Å². The number of carbonyl (C=O) groups excluding carboxylic acids is 2. The summed E-state index contributed by atoms with van der Waals surface area (Å²) in [5, 5.41) is 6.39. The molecule has 0 unspecified atom stereocenters. The lowest BCUT2D eigenvalue weighted by Gasteiger charge is -2.16. The van der Waals surface area contributed by atoms with Gasteiger partial charge in [-0.1, -0.05) is 25.9 Å². The zero-order valence-corrected chi connectivity index (χ0v) is 12.7. The first kappa shape index (κ1) is 15.7. The number of amides is 2. The summed E-state index contributed by atoms with van der Waals surface area (Å²) >= 11 is 0.